The van der Waals surface area contributed by atoms with E-state index in [2.05, 4.69) is 15.4 Å². The van der Waals surface area contributed by atoms with Gasteiger partial charge in [0.2, 0.25) is 0 Å². The standard InChI is InChI=1S/C23H20F2N4O/c1-23(2,3)20-13-21-27-18(16-6-4-5-7-17(16)25)12-19(29(21)28-20)22(30)26-15-10-8-14(24)9-11-15/h4-13H,1-3H3,(H,26,30). The predicted molar refractivity (Wildman–Crippen MR) is 111 cm³/mol. The van der Waals surface area contributed by atoms with Crippen LogP contribution in [0.2, 0.25) is 0 Å². The lowest BCUT2D eigenvalue weighted by molar-refractivity contribution is 0.101. The fourth-order valence-corrected chi connectivity index (χ4v) is 3.04. The first-order chi connectivity index (χ1) is 14.2. The molecule has 0 atom stereocenters. The normalized spacial score (nSPS) is 11.6. The van der Waals surface area contributed by atoms with Gasteiger partial charge in [0.05, 0.1) is 11.4 Å². The Morgan fingerprint density at radius 1 is 1.00 bits per heavy atom. The van der Waals surface area contributed by atoms with Gasteiger partial charge >= 0.3 is 0 Å². The van der Waals surface area contributed by atoms with Crippen LogP contribution in [0.1, 0.15) is 37.0 Å². The number of amides is 1. The van der Waals surface area contributed by atoms with Crippen molar-refractivity contribution in [1.82, 2.24) is 14.6 Å². The zero-order valence-electron chi connectivity index (χ0n) is 16.8. The molecule has 5 nitrogen and oxygen atoms in total. The third-order valence-corrected chi connectivity index (χ3v) is 4.68. The smallest absolute Gasteiger partial charge is 0.274 e. The Kier molecular flexibility index (Phi) is 4.81. The molecule has 152 valence electrons. The third kappa shape index (κ3) is 3.78. The average molecular weight is 406 g/mol. The summed E-state index contributed by atoms with van der Waals surface area (Å²) in [4.78, 5) is 17.6. The van der Waals surface area contributed by atoms with Crippen molar-refractivity contribution in [2.45, 2.75) is 26.2 Å². The predicted octanol–water partition coefficient (Wildman–Crippen LogP) is 5.22. The van der Waals surface area contributed by atoms with Crippen molar-refractivity contribution in [3.63, 3.8) is 0 Å². The monoisotopic (exact) mass is 406 g/mol. The van der Waals surface area contributed by atoms with Gasteiger partial charge in [0.15, 0.2) is 5.65 Å². The summed E-state index contributed by atoms with van der Waals surface area (Å²) in [6.07, 6.45) is 0. The molecule has 4 aromatic rings. The number of carbonyl (C=O) groups excluding carboxylic acids is 1. The van der Waals surface area contributed by atoms with Gasteiger partial charge in [-0.25, -0.2) is 18.3 Å². The molecule has 0 saturated carbocycles. The van der Waals surface area contributed by atoms with Crippen LogP contribution >= 0.6 is 0 Å². The Hall–Kier alpha value is -3.61. The molecular weight excluding hydrogens is 386 g/mol. The molecule has 0 spiro atoms. The van der Waals surface area contributed by atoms with E-state index < -0.39 is 17.5 Å². The van der Waals surface area contributed by atoms with Crippen molar-refractivity contribution < 1.29 is 13.6 Å². The number of nitrogens with zero attached hydrogens (tertiary/aromatic N) is 3. The van der Waals surface area contributed by atoms with Crippen LogP contribution in [0.5, 0.6) is 0 Å². The Balaban J connectivity index is 1.86. The fraction of sp³-hybridized carbons (Fsp3) is 0.174. The van der Waals surface area contributed by atoms with Crippen LogP contribution < -0.4 is 5.32 Å². The summed E-state index contributed by atoms with van der Waals surface area (Å²) in [6.45, 7) is 6.01. The summed E-state index contributed by atoms with van der Waals surface area (Å²) in [5, 5.41) is 7.29. The fourth-order valence-electron chi connectivity index (χ4n) is 3.04. The maximum atomic E-state index is 14.4. The van der Waals surface area contributed by atoms with E-state index in [9.17, 15) is 13.6 Å². The van der Waals surface area contributed by atoms with E-state index >= 15 is 0 Å². The van der Waals surface area contributed by atoms with E-state index in [4.69, 9.17) is 0 Å². The van der Waals surface area contributed by atoms with Crippen molar-refractivity contribution in [2.75, 3.05) is 5.32 Å². The first kappa shape index (κ1) is 19.7. The van der Waals surface area contributed by atoms with Crippen LogP contribution in [0, 0.1) is 11.6 Å². The van der Waals surface area contributed by atoms with E-state index in [1.807, 2.05) is 20.8 Å². The van der Waals surface area contributed by atoms with Crippen molar-refractivity contribution in [3.05, 3.63) is 83.7 Å². The van der Waals surface area contributed by atoms with E-state index in [0.717, 1.165) is 5.69 Å². The second-order valence-electron chi connectivity index (χ2n) is 8.02. The molecule has 0 aliphatic rings. The molecule has 0 radical (unpaired) electrons. The zero-order chi connectivity index (χ0) is 21.5. The molecule has 1 N–H and O–H groups in total. The molecule has 7 heteroatoms. The van der Waals surface area contributed by atoms with E-state index in [1.165, 1.54) is 40.9 Å². The zero-order valence-corrected chi connectivity index (χ0v) is 16.8. The lowest BCUT2D eigenvalue weighted by Crippen LogP contribution is -2.18. The molecule has 30 heavy (non-hydrogen) atoms. The largest absolute Gasteiger partial charge is 0.321 e. The first-order valence-electron chi connectivity index (χ1n) is 9.45. The number of nitrogens with one attached hydrogen (secondary N) is 1. The second-order valence-corrected chi connectivity index (χ2v) is 8.02. The molecule has 0 aliphatic heterocycles. The van der Waals surface area contributed by atoms with Crippen molar-refractivity contribution >= 4 is 17.2 Å². The number of hydrogen-bond acceptors (Lipinski definition) is 3. The molecule has 0 bridgehead atoms. The first-order valence-corrected chi connectivity index (χ1v) is 9.45. The second kappa shape index (κ2) is 7.33. The summed E-state index contributed by atoms with van der Waals surface area (Å²) < 4.78 is 29.0. The molecular formula is C23H20F2N4O. The van der Waals surface area contributed by atoms with Gasteiger partial charge in [-0.15, -0.1) is 0 Å². The molecule has 0 unspecified atom stereocenters. The van der Waals surface area contributed by atoms with Gasteiger partial charge < -0.3 is 5.32 Å². The van der Waals surface area contributed by atoms with Crippen LogP contribution in [0.25, 0.3) is 16.9 Å². The van der Waals surface area contributed by atoms with Crippen LogP contribution in [0.3, 0.4) is 0 Å². The molecule has 0 fully saturated rings. The van der Waals surface area contributed by atoms with Crippen molar-refractivity contribution in [3.8, 4) is 11.3 Å². The average Bonchev–Trinajstić information content (AvgIpc) is 3.14. The minimum Gasteiger partial charge on any atom is -0.321 e. The number of anilines is 1. The van der Waals surface area contributed by atoms with Gasteiger partial charge in [0.25, 0.3) is 5.91 Å². The molecule has 1 amide bonds. The van der Waals surface area contributed by atoms with Gasteiger partial charge in [0.1, 0.15) is 17.3 Å². The lowest BCUT2D eigenvalue weighted by atomic mass is 9.93. The van der Waals surface area contributed by atoms with Gasteiger partial charge in [-0.2, -0.15) is 5.10 Å². The number of benzene rings is 2. The SMILES string of the molecule is CC(C)(C)c1cc2nc(-c3ccccc3F)cc(C(=O)Nc3ccc(F)cc3)n2n1. The maximum Gasteiger partial charge on any atom is 0.274 e. The van der Waals surface area contributed by atoms with Crippen molar-refractivity contribution in [2.24, 2.45) is 0 Å². The summed E-state index contributed by atoms with van der Waals surface area (Å²) >= 11 is 0. The molecule has 4 rings (SSSR count). The quantitative estimate of drug-likeness (QED) is 0.507. The number of aromatic nitrogens is 3. The highest BCUT2D eigenvalue weighted by Crippen LogP contribution is 2.26. The van der Waals surface area contributed by atoms with Crippen LogP contribution in [0.4, 0.5) is 14.5 Å². The minimum absolute atomic E-state index is 0.193. The van der Waals surface area contributed by atoms with Crippen LogP contribution in [-0.4, -0.2) is 20.5 Å². The number of fused-ring (bicyclic) bond motifs is 1. The summed E-state index contributed by atoms with van der Waals surface area (Å²) in [6, 6.07) is 15.0. The highest BCUT2D eigenvalue weighted by molar-refractivity contribution is 6.04. The van der Waals surface area contributed by atoms with Gasteiger partial charge in [-0.3, -0.25) is 4.79 Å². The van der Waals surface area contributed by atoms with Gasteiger partial charge in [-0.05, 0) is 42.5 Å². The Morgan fingerprint density at radius 2 is 1.70 bits per heavy atom. The molecule has 2 aromatic carbocycles. The number of carbonyl (C=O) groups is 1. The van der Waals surface area contributed by atoms with E-state index in [1.54, 1.807) is 24.3 Å². The summed E-state index contributed by atoms with van der Waals surface area (Å²) in [7, 11) is 0. The van der Waals surface area contributed by atoms with E-state index in [-0.39, 0.29) is 16.7 Å². The molecule has 2 aromatic heterocycles. The molecule has 0 aliphatic carbocycles. The number of rotatable bonds is 3. The molecule has 0 saturated heterocycles. The molecule has 2 heterocycles. The Bertz CT molecular complexity index is 1240. The highest BCUT2D eigenvalue weighted by Gasteiger charge is 2.22. The van der Waals surface area contributed by atoms with Crippen molar-refractivity contribution in [1.29, 1.82) is 0 Å². The Morgan fingerprint density at radius 3 is 2.37 bits per heavy atom. The van der Waals surface area contributed by atoms with Gasteiger partial charge in [-0.1, -0.05) is 32.9 Å². The third-order valence-electron chi connectivity index (χ3n) is 4.68. The summed E-state index contributed by atoms with van der Waals surface area (Å²) in [5.74, 6) is -1.30. The van der Waals surface area contributed by atoms with Crippen LogP contribution in [0.15, 0.2) is 60.7 Å². The number of hydrogen-bond donors (Lipinski definition) is 1. The summed E-state index contributed by atoms with van der Waals surface area (Å²) in [5.41, 5.74) is 2.15. The minimum atomic E-state index is -0.463. The number of halogens is 2. The van der Waals surface area contributed by atoms with Gasteiger partial charge in [0, 0.05) is 22.7 Å². The van der Waals surface area contributed by atoms with Crippen LogP contribution in [-0.2, 0) is 5.41 Å². The lowest BCUT2D eigenvalue weighted by Gasteiger charge is -2.13. The highest BCUT2D eigenvalue weighted by atomic mass is 19.1. The topological polar surface area (TPSA) is 59.3 Å². The Labute approximate surface area is 172 Å². The maximum absolute atomic E-state index is 14.4. The van der Waals surface area contributed by atoms with E-state index in [0.29, 0.717) is 17.0 Å².